The molecule has 0 amide bonds. The first kappa shape index (κ1) is 18.8. The van der Waals surface area contributed by atoms with Crippen LogP contribution in [-0.4, -0.2) is 44.9 Å². The SMILES string of the molecule is CC1C[C@H]2[C@@H]3CC(F)C4=CC(=O)C=C[C@]4(C)[C@H]3C(O)C[C@]2(C)C1(O)C(=O)O. The van der Waals surface area contributed by atoms with Gasteiger partial charge in [-0.2, -0.15) is 0 Å². The average Bonchev–Trinajstić information content (AvgIpc) is 2.78. The summed E-state index contributed by atoms with van der Waals surface area (Å²) in [4.78, 5) is 23.8. The molecule has 27 heavy (non-hydrogen) atoms. The van der Waals surface area contributed by atoms with Crippen LogP contribution in [0, 0.1) is 34.5 Å². The number of hydrogen-bond donors (Lipinski definition) is 3. The lowest BCUT2D eigenvalue weighted by Crippen LogP contribution is -2.63. The molecule has 4 aliphatic rings. The highest BCUT2D eigenvalue weighted by Gasteiger charge is 2.71. The van der Waals surface area contributed by atoms with Crippen LogP contribution in [0.2, 0.25) is 0 Å². The number of aliphatic hydroxyl groups is 2. The molecule has 0 aromatic rings. The van der Waals surface area contributed by atoms with Crippen molar-refractivity contribution in [3.8, 4) is 0 Å². The van der Waals surface area contributed by atoms with E-state index in [0.717, 1.165) is 0 Å². The van der Waals surface area contributed by atoms with E-state index in [1.165, 1.54) is 12.2 Å². The number of alkyl halides is 1. The summed E-state index contributed by atoms with van der Waals surface area (Å²) in [6.45, 7) is 5.32. The van der Waals surface area contributed by atoms with Gasteiger partial charge in [0.15, 0.2) is 11.4 Å². The highest BCUT2D eigenvalue weighted by atomic mass is 19.1. The molecule has 0 aliphatic heterocycles. The quantitative estimate of drug-likeness (QED) is 0.651. The van der Waals surface area contributed by atoms with Crippen LogP contribution in [-0.2, 0) is 9.59 Å². The second-order valence-corrected chi connectivity index (χ2v) is 9.51. The Morgan fingerprint density at radius 1 is 1.30 bits per heavy atom. The first-order valence-electron chi connectivity index (χ1n) is 9.70. The van der Waals surface area contributed by atoms with E-state index in [2.05, 4.69) is 0 Å². The molecule has 0 spiro atoms. The van der Waals surface area contributed by atoms with E-state index in [0.29, 0.717) is 12.0 Å². The topological polar surface area (TPSA) is 94.8 Å². The van der Waals surface area contributed by atoms with Crippen molar-refractivity contribution < 1.29 is 29.3 Å². The molecule has 0 aromatic heterocycles. The maximum absolute atomic E-state index is 15.2. The van der Waals surface area contributed by atoms with Crippen molar-refractivity contribution in [3.63, 3.8) is 0 Å². The van der Waals surface area contributed by atoms with Crippen molar-refractivity contribution in [2.75, 3.05) is 0 Å². The van der Waals surface area contributed by atoms with Gasteiger partial charge in [0, 0.05) is 16.7 Å². The molecule has 9 atom stereocenters. The fourth-order valence-electron chi connectivity index (χ4n) is 7.12. The molecule has 148 valence electrons. The van der Waals surface area contributed by atoms with E-state index in [1.807, 2.05) is 6.92 Å². The average molecular weight is 378 g/mol. The van der Waals surface area contributed by atoms with E-state index in [-0.39, 0.29) is 36.4 Å². The van der Waals surface area contributed by atoms with Crippen molar-refractivity contribution in [2.24, 2.45) is 34.5 Å². The smallest absolute Gasteiger partial charge is 0.336 e. The number of carbonyl (C=O) groups excluding carboxylic acids is 1. The molecule has 0 heterocycles. The number of fused-ring (bicyclic) bond motifs is 5. The van der Waals surface area contributed by atoms with Crippen molar-refractivity contribution in [1.29, 1.82) is 0 Å². The Bertz CT molecular complexity index is 775. The molecule has 0 radical (unpaired) electrons. The van der Waals surface area contributed by atoms with E-state index in [1.54, 1.807) is 19.9 Å². The number of aliphatic hydroxyl groups excluding tert-OH is 1. The summed E-state index contributed by atoms with van der Waals surface area (Å²) in [5.41, 5.74) is -3.32. The Morgan fingerprint density at radius 3 is 2.59 bits per heavy atom. The van der Waals surface area contributed by atoms with Crippen LogP contribution in [0.5, 0.6) is 0 Å². The number of ketones is 1. The molecule has 4 rings (SSSR count). The van der Waals surface area contributed by atoms with Gasteiger partial charge in [0.05, 0.1) is 6.10 Å². The van der Waals surface area contributed by atoms with E-state index >= 15 is 4.39 Å². The fraction of sp³-hybridized carbons (Fsp3) is 0.714. The maximum atomic E-state index is 15.2. The number of aliphatic carboxylic acids is 1. The van der Waals surface area contributed by atoms with Gasteiger partial charge >= 0.3 is 5.97 Å². The molecule has 3 N–H and O–H groups in total. The van der Waals surface area contributed by atoms with Gasteiger partial charge in [0.1, 0.15) is 6.17 Å². The standard InChI is InChI=1S/C21H27FO5/c1-10-6-13-12-8-15(22)14-7-11(23)4-5-19(14,2)17(12)16(24)9-20(13,3)21(10,27)18(25)26/h4-5,7,10,12-13,15-17,24,27H,6,8-9H2,1-3H3,(H,25,26)/t10?,12-,13-,15?,16?,17+,19-,20-,21?/m0/s1. The number of hydrogen-bond acceptors (Lipinski definition) is 4. The van der Waals surface area contributed by atoms with Gasteiger partial charge in [0.25, 0.3) is 0 Å². The lowest BCUT2D eigenvalue weighted by molar-refractivity contribution is -0.198. The second-order valence-electron chi connectivity index (χ2n) is 9.51. The zero-order chi connectivity index (χ0) is 19.9. The van der Waals surface area contributed by atoms with Crippen LogP contribution in [0.25, 0.3) is 0 Å². The third-order valence-corrected chi connectivity index (χ3v) is 8.38. The normalized spacial score (nSPS) is 54.0. The first-order valence-corrected chi connectivity index (χ1v) is 9.70. The molecule has 3 fully saturated rings. The van der Waals surface area contributed by atoms with Gasteiger partial charge in [-0.15, -0.1) is 0 Å². The summed E-state index contributed by atoms with van der Waals surface area (Å²) >= 11 is 0. The van der Waals surface area contributed by atoms with Crippen molar-refractivity contribution in [3.05, 3.63) is 23.8 Å². The summed E-state index contributed by atoms with van der Waals surface area (Å²) in [5.74, 6) is -2.76. The van der Waals surface area contributed by atoms with Gasteiger partial charge in [-0.05, 0) is 54.7 Å². The van der Waals surface area contributed by atoms with Crippen molar-refractivity contribution >= 4 is 11.8 Å². The van der Waals surface area contributed by atoms with Gasteiger partial charge in [-0.1, -0.05) is 26.8 Å². The zero-order valence-corrected chi connectivity index (χ0v) is 15.9. The van der Waals surface area contributed by atoms with Gasteiger partial charge in [-0.25, -0.2) is 9.18 Å². The second kappa shape index (κ2) is 5.51. The van der Waals surface area contributed by atoms with Crippen LogP contribution >= 0.6 is 0 Å². The van der Waals surface area contributed by atoms with E-state index in [4.69, 9.17) is 0 Å². The minimum atomic E-state index is -1.94. The summed E-state index contributed by atoms with van der Waals surface area (Å²) in [7, 11) is 0. The zero-order valence-electron chi connectivity index (χ0n) is 15.9. The van der Waals surface area contributed by atoms with Gasteiger partial charge < -0.3 is 15.3 Å². The van der Waals surface area contributed by atoms with Crippen LogP contribution in [0.4, 0.5) is 4.39 Å². The highest BCUT2D eigenvalue weighted by Crippen LogP contribution is 2.68. The third-order valence-electron chi connectivity index (χ3n) is 8.38. The Hall–Kier alpha value is -1.53. The maximum Gasteiger partial charge on any atom is 0.336 e. The summed E-state index contributed by atoms with van der Waals surface area (Å²) in [5, 5.41) is 32.0. The number of carboxylic acid groups (broad SMARTS) is 1. The van der Waals surface area contributed by atoms with Crippen LogP contribution < -0.4 is 0 Å². The van der Waals surface area contributed by atoms with Gasteiger partial charge in [-0.3, -0.25) is 4.79 Å². The number of halogens is 1. The molecule has 4 aliphatic carbocycles. The molecular weight excluding hydrogens is 351 g/mol. The Kier molecular flexibility index (Phi) is 3.84. The molecule has 4 unspecified atom stereocenters. The summed E-state index contributed by atoms with van der Waals surface area (Å²) < 4.78 is 15.2. The van der Waals surface area contributed by atoms with E-state index < -0.39 is 40.6 Å². The minimum Gasteiger partial charge on any atom is -0.479 e. The predicted octanol–water partition coefficient (Wildman–Crippen LogP) is 2.27. The minimum absolute atomic E-state index is 0.146. The monoisotopic (exact) mass is 378 g/mol. The molecule has 5 nitrogen and oxygen atoms in total. The Morgan fingerprint density at radius 2 is 1.96 bits per heavy atom. The fourth-order valence-corrected chi connectivity index (χ4v) is 7.12. The lowest BCUT2D eigenvalue weighted by atomic mass is 9.46. The summed E-state index contributed by atoms with van der Waals surface area (Å²) in [6, 6.07) is 0. The summed E-state index contributed by atoms with van der Waals surface area (Å²) in [6.07, 6.45) is 3.08. The number of carbonyl (C=O) groups is 2. The Labute approximate surface area is 158 Å². The molecular formula is C21H27FO5. The number of rotatable bonds is 1. The van der Waals surface area contributed by atoms with E-state index in [9.17, 15) is 24.9 Å². The van der Waals surface area contributed by atoms with Crippen LogP contribution in [0.3, 0.4) is 0 Å². The number of allylic oxidation sites excluding steroid dienone is 4. The van der Waals surface area contributed by atoms with Crippen molar-refractivity contribution in [1.82, 2.24) is 0 Å². The largest absolute Gasteiger partial charge is 0.479 e. The van der Waals surface area contributed by atoms with Crippen molar-refractivity contribution in [2.45, 2.75) is 57.9 Å². The number of carboxylic acids is 1. The molecule has 3 saturated carbocycles. The Balaban J connectivity index is 1.82. The highest BCUT2D eigenvalue weighted by molar-refractivity contribution is 6.01. The lowest BCUT2D eigenvalue weighted by Gasteiger charge is -2.59. The van der Waals surface area contributed by atoms with Gasteiger partial charge in [0.2, 0.25) is 0 Å². The van der Waals surface area contributed by atoms with Crippen LogP contribution in [0.15, 0.2) is 23.8 Å². The predicted molar refractivity (Wildman–Crippen MR) is 95.4 cm³/mol. The molecule has 0 aromatic carbocycles. The molecule has 0 saturated heterocycles. The first-order chi connectivity index (χ1) is 12.5. The third kappa shape index (κ3) is 2.11. The molecule has 6 heteroatoms. The molecule has 0 bridgehead atoms. The van der Waals surface area contributed by atoms with Crippen LogP contribution in [0.1, 0.15) is 40.0 Å².